The summed E-state index contributed by atoms with van der Waals surface area (Å²) in [6.07, 6.45) is 0.0924. The van der Waals surface area contributed by atoms with E-state index in [0.717, 1.165) is 22.1 Å². The van der Waals surface area contributed by atoms with Gasteiger partial charge >= 0.3 is 0 Å². The van der Waals surface area contributed by atoms with Gasteiger partial charge in [-0.1, -0.05) is 84.9 Å². The first-order valence-corrected chi connectivity index (χ1v) is 17.3. The molecule has 1 fully saturated rings. The standard InChI is InChI=1S/C35H34N2O6S2/c38-19-20-44-23-30-32(25-7-2-1-3-8-25)34(27-16-14-24(22-39)15-17-27)43-35(42-30)28-10-4-12-29(21-28)37-45(40,41)31-13-5-9-26-11-6-18-36-33(26)31/h1-18,21,30,32,34-35,37-39H,19-20,22-23H2. The molecule has 6 rings (SSSR count). The molecule has 1 aliphatic rings. The quantitative estimate of drug-likeness (QED) is 0.146. The summed E-state index contributed by atoms with van der Waals surface area (Å²) in [7, 11) is -3.96. The van der Waals surface area contributed by atoms with Crippen LogP contribution in [0.5, 0.6) is 0 Å². The zero-order valence-electron chi connectivity index (χ0n) is 24.4. The SMILES string of the molecule is O=S(=O)(Nc1cccc(C2OC(CSCCO)C(c3ccccc3)C(c3ccc(CO)cc3)O2)c1)c1cccc2cccnc12. The highest BCUT2D eigenvalue weighted by atomic mass is 32.2. The summed E-state index contributed by atoms with van der Waals surface area (Å²) < 4.78 is 43.2. The third-order valence-electron chi connectivity index (χ3n) is 7.78. The van der Waals surface area contributed by atoms with E-state index >= 15 is 0 Å². The van der Waals surface area contributed by atoms with Crippen molar-refractivity contribution in [2.24, 2.45) is 0 Å². The maximum atomic E-state index is 13.5. The second-order valence-corrected chi connectivity index (χ2v) is 13.6. The van der Waals surface area contributed by atoms with E-state index < -0.39 is 22.4 Å². The van der Waals surface area contributed by atoms with Gasteiger partial charge in [0.05, 0.1) is 30.9 Å². The Morgan fingerprint density at radius 1 is 0.800 bits per heavy atom. The molecule has 8 nitrogen and oxygen atoms in total. The molecule has 0 amide bonds. The zero-order valence-corrected chi connectivity index (χ0v) is 26.0. The Morgan fingerprint density at radius 3 is 2.33 bits per heavy atom. The van der Waals surface area contributed by atoms with E-state index in [1.54, 1.807) is 54.4 Å². The van der Waals surface area contributed by atoms with E-state index in [9.17, 15) is 18.6 Å². The summed E-state index contributed by atoms with van der Waals surface area (Å²) in [5, 5.41) is 19.8. The molecule has 4 unspecified atom stereocenters. The topological polar surface area (TPSA) is 118 Å². The van der Waals surface area contributed by atoms with E-state index in [4.69, 9.17) is 9.47 Å². The van der Waals surface area contributed by atoms with Crippen LogP contribution < -0.4 is 4.72 Å². The molecule has 45 heavy (non-hydrogen) atoms. The number of anilines is 1. The average molecular weight is 643 g/mol. The maximum Gasteiger partial charge on any atom is 0.264 e. The number of aliphatic hydroxyl groups excluding tert-OH is 2. The van der Waals surface area contributed by atoms with Gasteiger partial charge in [0, 0.05) is 40.3 Å². The summed E-state index contributed by atoms with van der Waals surface area (Å²) >= 11 is 1.61. The summed E-state index contributed by atoms with van der Waals surface area (Å²) in [6.45, 7) is 0.00535. The van der Waals surface area contributed by atoms with Crippen molar-refractivity contribution >= 4 is 38.4 Å². The highest BCUT2D eigenvalue weighted by molar-refractivity contribution is 7.99. The summed E-state index contributed by atoms with van der Waals surface area (Å²) in [6, 6.07) is 33.5. The van der Waals surface area contributed by atoms with Crippen LogP contribution in [0.1, 0.15) is 40.6 Å². The maximum absolute atomic E-state index is 13.5. The number of nitrogens with one attached hydrogen (secondary N) is 1. The first kappa shape index (κ1) is 31.2. The largest absolute Gasteiger partial charge is 0.396 e. The number of ether oxygens (including phenoxy) is 2. The molecule has 2 heterocycles. The number of para-hydroxylation sites is 1. The van der Waals surface area contributed by atoms with Gasteiger partial charge < -0.3 is 19.7 Å². The number of fused-ring (bicyclic) bond motifs is 1. The minimum Gasteiger partial charge on any atom is -0.396 e. The van der Waals surface area contributed by atoms with E-state index in [-0.39, 0.29) is 30.1 Å². The van der Waals surface area contributed by atoms with Crippen LogP contribution in [-0.2, 0) is 26.1 Å². The number of aliphatic hydroxyl groups is 2. The number of thioether (sulfide) groups is 1. The van der Waals surface area contributed by atoms with Crippen molar-refractivity contribution in [3.63, 3.8) is 0 Å². The van der Waals surface area contributed by atoms with Crippen molar-refractivity contribution < 1.29 is 28.1 Å². The molecule has 4 aromatic carbocycles. The van der Waals surface area contributed by atoms with Gasteiger partial charge in [-0.3, -0.25) is 9.71 Å². The first-order chi connectivity index (χ1) is 22.0. The summed E-state index contributed by atoms with van der Waals surface area (Å²) in [4.78, 5) is 4.40. The number of sulfonamides is 1. The Hall–Kier alpha value is -3.77. The monoisotopic (exact) mass is 642 g/mol. The third kappa shape index (κ3) is 7.06. The molecular formula is C35H34N2O6S2. The molecule has 1 aromatic heterocycles. The fourth-order valence-electron chi connectivity index (χ4n) is 5.67. The van der Waals surface area contributed by atoms with E-state index in [2.05, 4.69) is 21.8 Å². The van der Waals surface area contributed by atoms with Crippen LogP contribution in [0, 0.1) is 0 Å². The summed E-state index contributed by atoms with van der Waals surface area (Å²) in [5.41, 5.74) is 4.22. The number of nitrogens with zero attached hydrogens (tertiary/aromatic N) is 1. The van der Waals surface area contributed by atoms with E-state index in [0.29, 0.717) is 28.3 Å². The molecule has 0 aliphatic carbocycles. The fourth-order valence-corrected chi connectivity index (χ4v) is 7.71. The van der Waals surface area contributed by atoms with Gasteiger partial charge in [0.15, 0.2) is 6.29 Å². The number of pyridine rings is 1. The molecule has 5 aromatic rings. The Balaban J connectivity index is 1.34. The van der Waals surface area contributed by atoms with Crippen LogP contribution in [0.2, 0.25) is 0 Å². The minimum atomic E-state index is -3.96. The second kappa shape index (κ2) is 14.1. The van der Waals surface area contributed by atoms with Crippen molar-refractivity contribution in [2.75, 3.05) is 22.8 Å². The van der Waals surface area contributed by atoms with Crippen molar-refractivity contribution in [1.29, 1.82) is 0 Å². The molecule has 3 N–H and O–H groups in total. The van der Waals surface area contributed by atoms with Gasteiger partial charge in [0.1, 0.15) is 4.90 Å². The van der Waals surface area contributed by atoms with E-state index in [1.807, 2.05) is 60.7 Å². The predicted octanol–water partition coefficient (Wildman–Crippen LogP) is 6.19. The predicted molar refractivity (Wildman–Crippen MR) is 176 cm³/mol. The van der Waals surface area contributed by atoms with Crippen LogP contribution in [0.25, 0.3) is 10.9 Å². The van der Waals surface area contributed by atoms with Crippen molar-refractivity contribution in [2.45, 2.75) is 35.9 Å². The summed E-state index contributed by atoms with van der Waals surface area (Å²) in [5.74, 6) is 1.03. The Labute approximate surface area is 267 Å². The first-order valence-electron chi connectivity index (χ1n) is 14.7. The molecule has 1 aliphatic heterocycles. The number of aromatic nitrogens is 1. The van der Waals surface area contributed by atoms with Gasteiger partial charge in [0.25, 0.3) is 10.0 Å². The lowest BCUT2D eigenvalue weighted by Crippen LogP contribution is -2.38. The van der Waals surface area contributed by atoms with Crippen molar-refractivity contribution in [3.05, 3.63) is 138 Å². The van der Waals surface area contributed by atoms with Gasteiger partial charge in [-0.05, 0) is 41.0 Å². The van der Waals surface area contributed by atoms with E-state index in [1.165, 1.54) is 0 Å². The van der Waals surface area contributed by atoms with Gasteiger partial charge in [-0.2, -0.15) is 11.8 Å². The number of hydrogen-bond acceptors (Lipinski definition) is 8. The Morgan fingerprint density at radius 2 is 1.56 bits per heavy atom. The molecular weight excluding hydrogens is 609 g/mol. The van der Waals surface area contributed by atoms with Gasteiger partial charge in [-0.15, -0.1) is 0 Å². The highest BCUT2D eigenvalue weighted by Crippen LogP contribution is 2.47. The second-order valence-electron chi connectivity index (χ2n) is 10.8. The molecule has 0 spiro atoms. The van der Waals surface area contributed by atoms with Crippen molar-refractivity contribution in [1.82, 2.24) is 4.98 Å². The lowest BCUT2D eigenvalue weighted by molar-refractivity contribution is -0.255. The fraction of sp³-hybridized carbons (Fsp3) is 0.229. The zero-order chi connectivity index (χ0) is 31.2. The smallest absolute Gasteiger partial charge is 0.264 e. The molecule has 10 heteroatoms. The van der Waals surface area contributed by atoms with Gasteiger partial charge in [0.2, 0.25) is 0 Å². The molecule has 0 saturated carbocycles. The Bertz CT molecular complexity index is 1830. The molecule has 4 atom stereocenters. The normalized spacial score (nSPS) is 20.2. The number of rotatable bonds is 11. The van der Waals surface area contributed by atoms with Crippen LogP contribution >= 0.6 is 11.8 Å². The number of hydrogen-bond donors (Lipinski definition) is 3. The van der Waals surface area contributed by atoms with Crippen LogP contribution in [0.15, 0.2) is 120 Å². The van der Waals surface area contributed by atoms with Crippen LogP contribution in [0.4, 0.5) is 5.69 Å². The third-order valence-corrected chi connectivity index (χ3v) is 10.2. The lowest BCUT2D eigenvalue weighted by atomic mass is 9.84. The van der Waals surface area contributed by atoms with Crippen LogP contribution in [0.3, 0.4) is 0 Å². The average Bonchev–Trinajstić information content (AvgIpc) is 3.08. The molecule has 232 valence electrons. The van der Waals surface area contributed by atoms with Gasteiger partial charge in [-0.25, -0.2) is 8.42 Å². The Kier molecular flexibility index (Phi) is 9.79. The molecule has 1 saturated heterocycles. The van der Waals surface area contributed by atoms with Crippen LogP contribution in [-0.4, -0.2) is 47.8 Å². The molecule has 0 bridgehead atoms. The van der Waals surface area contributed by atoms with Crippen molar-refractivity contribution in [3.8, 4) is 0 Å². The number of benzene rings is 4. The lowest BCUT2D eigenvalue weighted by Gasteiger charge is -2.43. The highest BCUT2D eigenvalue weighted by Gasteiger charge is 2.41. The minimum absolute atomic E-state index is 0.0579. The molecule has 0 radical (unpaired) electrons.